The summed E-state index contributed by atoms with van der Waals surface area (Å²) in [5, 5.41) is 3.74. The molecule has 13 heteroatoms. The van der Waals surface area contributed by atoms with Crippen LogP contribution in [0.4, 0.5) is 10.7 Å². The summed E-state index contributed by atoms with van der Waals surface area (Å²) in [4.78, 5) is 31.9. The van der Waals surface area contributed by atoms with Crippen molar-refractivity contribution in [2.45, 2.75) is 17.2 Å². The van der Waals surface area contributed by atoms with Gasteiger partial charge in [0.05, 0.1) is 32.8 Å². The second-order valence-corrected chi connectivity index (χ2v) is 8.09. The number of ether oxygens (including phenoxy) is 3. The van der Waals surface area contributed by atoms with Crippen LogP contribution in [0.5, 0.6) is 11.8 Å². The number of carbonyl (C=O) groups is 2. The highest BCUT2D eigenvalue weighted by atomic mass is 32.2. The van der Waals surface area contributed by atoms with E-state index in [1.807, 2.05) is 4.72 Å². The number of cyclic esters (lactones) is 1. The fourth-order valence-corrected chi connectivity index (χ4v) is 5.02. The smallest absolute Gasteiger partial charge is 0.335 e. The fourth-order valence-electron chi connectivity index (χ4n) is 2.49. The van der Waals surface area contributed by atoms with E-state index in [-0.39, 0.29) is 29.2 Å². The molecular formula is C15H16N4O7S2. The summed E-state index contributed by atoms with van der Waals surface area (Å²) in [6.45, 7) is 0.226. The lowest BCUT2D eigenvalue weighted by molar-refractivity contribution is -0.139. The third-order valence-corrected chi connectivity index (χ3v) is 6.30. The number of hydrogen-bond donors (Lipinski definition) is 2. The number of esters is 1. The second-order valence-electron chi connectivity index (χ2n) is 5.49. The van der Waals surface area contributed by atoms with Gasteiger partial charge in [0.1, 0.15) is 4.90 Å². The van der Waals surface area contributed by atoms with Gasteiger partial charge in [-0.2, -0.15) is 9.97 Å². The Balaban J connectivity index is 1.77. The first kappa shape index (κ1) is 19.8. The molecule has 1 unspecified atom stereocenters. The Kier molecular flexibility index (Phi) is 5.65. The molecular weight excluding hydrogens is 412 g/mol. The van der Waals surface area contributed by atoms with Gasteiger partial charge in [0.2, 0.25) is 17.7 Å². The van der Waals surface area contributed by atoms with Crippen molar-refractivity contribution in [1.82, 2.24) is 14.7 Å². The van der Waals surface area contributed by atoms with Gasteiger partial charge >= 0.3 is 12.0 Å². The highest BCUT2D eigenvalue weighted by Gasteiger charge is 2.34. The molecule has 3 rings (SSSR count). The molecule has 0 aromatic carbocycles. The van der Waals surface area contributed by atoms with Crippen molar-refractivity contribution in [2.24, 2.45) is 0 Å². The molecule has 11 nitrogen and oxygen atoms in total. The molecule has 0 radical (unpaired) electrons. The Bertz CT molecular complexity index is 983. The Morgan fingerprint density at radius 3 is 2.54 bits per heavy atom. The molecule has 150 valence electrons. The lowest BCUT2D eigenvalue weighted by Gasteiger charge is -2.11. The van der Waals surface area contributed by atoms with E-state index in [2.05, 4.69) is 15.3 Å². The molecule has 0 saturated carbocycles. The summed E-state index contributed by atoms with van der Waals surface area (Å²) < 4.78 is 41.9. The average molecular weight is 428 g/mol. The number of thiophene rings is 1. The van der Waals surface area contributed by atoms with E-state index in [0.29, 0.717) is 11.3 Å². The highest BCUT2D eigenvalue weighted by molar-refractivity contribution is 7.90. The van der Waals surface area contributed by atoms with E-state index in [0.717, 1.165) is 11.3 Å². The predicted octanol–water partition coefficient (Wildman–Crippen LogP) is 1.10. The minimum atomic E-state index is -4.24. The molecule has 2 amide bonds. The predicted molar refractivity (Wildman–Crippen MR) is 97.1 cm³/mol. The van der Waals surface area contributed by atoms with Crippen molar-refractivity contribution in [3.05, 3.63) is 22.4 Å². The number of rotatable bonds is 6. The quantitative estimate of drug-likeness (QED) is 0.646. The number of aromatic nitrogens is 2. The van der Waals surface area contributed by atoms with Gasteiger partial charge in [-0.1, -0.05) is 0 Å². The number of nitrogens with zero attached hydrogens (tertiary/aromatic N) is 2. The molecule has 1 fully saturated rings. The van der Waals surface area contributed by atoms with Crippen LogP contribution in [0, 0.1) is 0 Å². The molecule has 2 aromatic heterocycles. The van der Waals surface area contributed by atoms with E-state index in [9.17, 15) is 18.0 Å². The summed E-state index contributed by atoms with van der Waals surface area (Å²) in [6, 6.07) is 1.63. The third kappa shape index (κ3) is 4.14. The van der Waals surface area contributed by atoms with Gasteiger partial charge in [-0.3, -0.25) is 10.1 Å². The standard InChI is InChI=1S/C15H16N4O7S2/c1-24-10-7-11(25-2)17-14(16-10)18-15(21)19-28(22,23)9-4-6-27-12(9)8-3-5-26-13(8)20/h4,6-8H,3,5H2,1-2H3,(H2,16,17,18,19,21). The summed E-state index contributed by atoms with van der Waals surface area (Å²) in [6.07, 6.45) is 0.380. The zero-order valence-electron chi connectivity index (χ0n) is 14.8. The van der Waals surface area contributed by atoms with E-state index in [1.54, 1.807) is 0 Å². The molecule has 1 saturated heterocycles. The molecule has 1 aliphatic heterocycles. The molecule has 2 N–H and O–H groups in total. The highest BCUT2D eigenvalue weighted by Crippen LogP contribution is 2.35. The minimum Gasteiger partial charge on any atom is -0.481 e. The fraction of sp³-hybridized carbons (Fsp3) is 0.333. The second kappa shape index (κ2) is 7.98. The number of hydrogen-bond acceptors (Lipinski definition) is 10. The molecule has 2 aromatic rings. The van der Waals surface area contributed by atoms with Crippen LogP contribution in [0.15, 0.2) is 22.4 Å². The monoisotopic (exact) mass is 428 g/mol. The SMILES string of the molecule is COc1cc(OC)nc(NC(=O)NS(=O)(=O)c2ccsc2C2CCOC2=O)n1. The number of sulfonamides is 1. The van der Waals surface area contributed by atoms with Crippen LogP contribution in [0.3, 0.4) is 0 Å². The van der Waals surface area contributed by atoms with Crippen molar-refractivity contribution < 1.29 is 32.2 Å². The molecule has 1 aliphatic rings. The van der Waals surface area contributed by atoms with Crippen molar-refractivity contribution in [2.75, 3.05) is 26.1 Å². The van der Waals surface area contributed by atoms with Gasteiger partial charge in [0.25, 0.3) is 10.0 Å². The first-order valence-electron chi connectivity index (χ1n) is 7.89. The number of urea groups is 1. The lowest BCUT2D eigenvalue weighted by atomic mass is 10.1. The van der Waals surface area contributed by atoms with Crippen LogP contribution in [-0.4, -0.2) is 51.2 Å². The normalized spacial score (nSPS) is 16.4. The zero-order chi connectivity index (χ0) is 20.3. The maximum absolute atomic E-state index is 12.6. The first-order valence-corrected chi connectivity index (χ1v) is 10.2. The van der Waals surface area contributed by atoms with Crippen LogP contribution < -0.4 is 19.5 Å². The number of carbonyl (C=O) groups excluding carboxylic acids is 2. The van der Waals surface area contributed by atoms with E-state index < -0.39 is 27.9 Å². The maximum Gasteiger partial charge on any atom is 0.335 e. The van der Waals surface area contributed by atoms with Crippen LogP contribution in [0.25, 0.3) is 0 Å². The molecule has 3 heterocycles. The summed E-state index contributed by atoms with van der Waals surface area (Å²) in [7, 11) is -1.51. The third-order valence-electron chi connectivity index (χ3n) is 3.75. The Hall–Kier alpha value is -2.93. The zero-order valence-corrected chi connectivity index (χ0v) is 16.4. The molecule has 0 aliphatic carbocycles. The number of methoxy groups -OCH3 is 2. The molecule has 0 spiro atoms. The number of nitrogens with one attached hydrogen (secondary N) is 2. The van der Waals surface area contributed by atoms with E-state index in [1.165, 1.54) is 31.7 Å². The van der Waals surface area contributed by atoms with Crippen molar-refractivity contribution >= 4 is 39.3 Å². The summed E-state index contributed by atoms with van der Waals surface area (Å²) >= 11 is 1.11. The van der Waals surface area contributed by atoms with E-state index >= 15 is 0 Å². The van der Waals surface area contributed by atoms with Crippen molar-refractivity contribution in [3.63, 3.8) is 0 Å². The van der Waals surface area contributed by atoms with Gasteiger partial charge < -0.3 is 14.2 Å². The average Bonchev–Trinajstić information content (AvgIpc) is 3.29. The molecule has 1 atom stereocenters. The summed E-state index contributed by atoms with van der Waals surface area (Å²) in [5.74, 6) is -1.13. The van der Waals surface area contributed by atoms with Crippen molar-refractivity contribution in [3.8, 4) is 11.8 Å². The van der Waals surface area contributed by atoms with Gasteiger partial charge in [-0.05, 0) is 17.9 Å². The van der Waals surface area contributed by atoms with Crippen molar-refractivity contribution in [1.29, 1.82) is 0 Å². The Labute approximate surface area is 164 Å². The topological polar surface area (TPSA) is 146 Å². The van der Waals surface area contributed by atoms with Gasteiger partial charge in [-0.25, -0.2) is 17.9 Å². The van der Waals surface area contributed by atoms with E-state index in [4.69, 9.17) is 14.2 Å². The minimum absolute atomic E-state index is 0.116. The Morgan fingerprint density at radius 1 is 1.29 bits per heavy atom. The number of anilines is 1. The number of amides is 2. The van der Waals surface area contributed by atoms with Gasteiger partial charge in [0.15, 0.2) is 0 Å². The van der Waals surface area contributed by atoms with Crippen LogP contribution in [0.2, 0.25) is 0 Å². The van der Waals surface area contributed by atoms with Crippen LogP contribution >= 0.6 is 11.3 Å². The van der Waals surface area contributed by atoms with Gasteiger partial charge in [0, 0.05) is 4.88 Å². The molecule has 28 heavy (non-hydrogen) atoms. The summed E-state index contributed by atoms with van der Waals surface area (Å²) in [5.41, 5.74) is 0. The van der Waals surface area contributed by atoms with Gasteiger partial charge in [-0.15, -0.1) is 11.3 Å². The first-order chi connectivity index (χ1) is 13.3. The Morgan fingerprint density at radius 2 is 1.96 bits per heavy atom. The lowest BCUT2D eigenvalue weighted by Crippen LogP contribution is -2.35. The largest absolute Gasteiger partial charge is 0.481 e. The van der Waals surface area contributed by atoms with Crippen LogP contribution in [-0.2, 0) is 19.6 Å². The maximum atomic E-state index is 12.6. The molecule has 0 bridgehead atoms. The van der Waals surface area contributed by atoms with Crippen LogP contribution in [0.1, 0.15) is 17.2 Å².